The first kappa shape index (κ1) is 9.55. The van der Waals surface area contributed by atoms with E-state index in [4.69, 9.17) is 5.73 Å². The van der Waals surface area contributed by atoms with Gasteiger partial charge in [0.15, 0.2) is 5.16 Å². The summed E-state index contributed by atoms with van der Waals surface area (Å²) in [5.41, 5.74) is 5.42. The summed E-state index contributed by atoms with van der Waals surface area (Å²) in [6.45, 7) is 0. The van der Waals surface area contributed by atoms with E-state index in [9.17, 15) is 4.79 Å². The lowest BCUT2D eigenvalue weighted by Gasteiger charge is -1.92. The summed E-state index contributed by atoms with van der Waals surface area (Å²) >= 11 is 1.44. The number of nitrogens with zero attached hydrogens (tertiary/aromatic N) is 2. The molecule has 0 fully saturated rings. The second-order valence-corrected chi connectivity index (χ2v) is 2.85. The molecule has 5 heteroatoms. The molecule has 13 heavy (non-hydrogen) atoms. The minimum atomic E-state index is -0.658. The van der Waals surface area contributed by atoms with Crippen LogP contribution in [0.4, 0.5) is 0 Å². The second-order valence-electron chi connectivity index (χ2n) is 2.07. The number of carbonyl (C=O) groups is 1. The number of hydrogen-bond donors (Lipinski definition) is 1. The Morgan fingerprint density at radius 3 is 2.62 bits per heavy atom. The van der Waals surface area contributed by atoms with Crippen LogP contribution in [0.2, 0.25) is 0 Å². The first-order chi connectivity index (χ1) is 6.22. The van der Waals surface area contributed by atoms with Gasteiger partial charge in [-0.2, -0.15) is 0 Å². The van der Waals surface area contributed by atoms with Crippen molar-refractivity contribution >= 4 is 17.7 Å². The van der Waals surface area contributed by atoms with E-state index in [2.05, 4.69) is 21.8 Å². The van der Waals surface area contributed by atoms with Gasteiger partial charge in [-0.15, -0.1) is 0 Å². The molecule has 0 bridgehead atoms. The zero-order chi connectivity index (χ0) is 9.68. The van der Waals surface area contributed by atoms with Crippen molar-refractivity contribution in [2.45, 2.75) is 5.16 Å². The maximum absolute atomic E-state index is 10.3. The van der Waals surface area contributed by atoms with Crippen molar-refractivity contribution in [1.82, 2.24) is 9.97 Å². The Bertz CT molecular complexity index is 363. The number of aromatic nitrogens is 2. The molecule has 0 unspecified atom stereocenters. The lowest BCUT2D eigenvalue weighted by molar-refractivity contribution is -0.112. The molecular weight excluding hydrogens is 186 g/mol. The van der Waals surface area contributed by atoms with Gasteiger partial charge in [0.2, 0.25) is 0 Å². The molecule has 66 valence electrons. The van der Waals surface area contributed by atoms with Gasteiger partial charge in [-0.3, -0.25) is 4.79 Å². The largest absolute Gasteiger partial charge is 0.359 e. The highest BCUT2D eigenvalue weighted by atomic mass is 32.2. The van der Waals surface area contributed by atoms with E-state index >= 15 is 0 Å². The van der Waals surface area contributed by atoms with Crippen molar-refractivity contribution in [3.05, 3.63) is 18.0 Å². The van der Waals surface area contributed by atoms with Gasteiger partial charge in [0.1, 0.15) is 0 Å². The quantitative estimate of drug-likeness (QED) is 0.388. The van der Waals surface area contributed by atoms with E-state index in [1.807, 2.05) is 6.26 Å². The van der Waals surface area contributed by atoms with Crippen LogP contribution >= 0.6 is 11.8 Å². The van der Waals surface area contributed by atoms with Crippen LogP contribution in [0.3, 0.4) is 0 Å². The molecule has 0 radical (unpaired) electrons. The third-order valence-electron chi connectivity index (χ3n) is 1.14. The van der Waals surface area contributed by atoms with Crippen molar-refractivity contribution in [3.8, 4) is 11.8 Å². The Kier molecular flexibility index (Phi) is 3.29. The zero-order valence-corrected chi connectivity index (χ0v) is 7.76. The number of thioether (sulfide) groups is 1. The fourth-order valence-electron chi connectivity index (χ4n) is 0.620. The van der Waals surface area contributed by atoms with Crippen LogP contribution in [0, 0.1) is 11.8 Å². The molecule has 1 heterocycles. The van der Waals surface area contributed by atoms with Crippen molar-refractivity contribution in [2.75, 3.05) is 6.26 Å². The third kappa shape index (κ3) is 3.13. The molecule has 1 rings (SSSR count). The molecule has 1 aromatic heterocycles. The van der Waals surface area contributed by atoms with Gasteiger partial charge in [-0.05, 0) is 6.26 Å². The summed E-state index contributed by atoms with van der Waals surface area (Å²) in [4.78, 5) is 18.2. The normalized spacial score (nSPS) is 8.69. The minimum Gasteiger partial charge on any atom is -0.359 e. The van der Waals surface area contributed by atoms with Crippen molar-refractivity contribution in [2.24, 2.45) is 5.73 Å². The zero-order valence-electron chi connectivity index (χ0n) is 6.94. The number of amides is 1. The first-order valence-corrected chi connectivity index (χ1v) is 4.62. The van der Waals surface area contributed by atoms with E-state index in [1.54, 1.807) is 12.4 Å². The molecule has 0 aliphatic rings. The lowest BCUT2D eigenvalue weighted by Crippen LogP contribution is -2.06. The van der Waals surface area contributed by atoms with Crippen LogP contribution < -0.4 is 5.73 Å². The van der Waals surface area contributed by atoms with Gasteiger partial charge in [0.05, 0.1) is 5.56 Å². The lowest BCUT2D eigenvalue weighted by atomic mass is 10.3. The Morgan fingerprint density at radius 2 is 2.15 bits per heavy atom. The van der Waals surface area contributed by atoms with Crippen molar-refractivity contribution in [1.29, 1.82) is 0 Å². The molecule has 0 saturated heterocycles. The van der Waals surface area contributed by atoms with Gasteiger partial charge in [0, 0.05) is 18.3 Å². The van der Waals surface area contributed by atoms with Crippen molar-refractivity contribution < 1.29 is 4.79 Å². The van der Waals surface area contributed by atoms with Crippen LogP contribution in [-0.2, 0) is 4.79 Å². The number of hydrogen-bond acceptors (Lipinski definition) is 4. The topological polar surface area (TPSA) is 68.9 Å². The van der Waals surface area contributed by atoms with Crippen molar-refractivity contribution in [3.63, 3.8) is 0 Å². The second kappa shape index (κ2) is 4.48. The number of carbonyl (C=O) groups excluding carboxylic acids is 1. The molecule has 1 aromatic rings. The summed E-state index contributed by atoms with van der Waals surface area (Å²) in [7, 11) is 0. The monoisotopic (exact) mass is 193 g/mol. The minimum absolute atomic E-state index is 0.580. The molecule has 1 amide bonds. The van der Waals surface area contributed by atoms with Gasteiger partial charge < -0.3 is 5.73 Å². The molecule has 4 nitrogen and oxygen atoms in total. The summed E-state index contributed by atoms with van der Waals surface area (Å²) in [5, 5.41) is 0.671. The molecule has 0 spiro atoms. The van der Waals surface area contributed by atoms with Crippen LogP contribution in [0.25, 0.3) is 0 Å². The third-order valence-corrected chi connectivity index (χ3v) is 1.72. The Balaban J connectivity index is 2.83. The highest BCUT2D eigenvalue weighted by molar-refractivity contribution is 7.98. The van der Waals surface area contributed by atoms with Gasteiger partial charge >= 0.3 is 0 Å². The highest BCUT2D eigenvalue weighted by Gasteiger charge is 1.92. The van der Waals surface area contributed by atoms with Gasteiger partial charge in [0.25, 0.3) is 5.91 Å². The maximum Gasteiger partial charge on any atom is 0.293 e. The molecule has 0 aliphatic heterocycles. The molecule has 0 saturated carbocycles. The highest BCUT2D eigenvalue weighted by Crippen LogP contribution is 2.05. The van der Waals surface area contributed by atoms with Crippen LogP contribution in [0.5, 0.6) is 0 Å². The van der Waals surface area contributed by atoms with E-state index < -0.39 is 5.91 Å². The van der Waals surface area contributed by atoms with Crippen LogP contribution in [-0.4, -0.2) is 22.1 Å². The summed E-state index contributed by atoms with van der Waals surface area (Å²) in [6, 6.07) is 0. The SMILES string of the molecule is CSc1ncc(C#CC(N)=O)cn1. The molecule has 0 aromatic carbocycles. The molecule has 0 atom stereocenters. The van der Waals surface area contributed by atoms with E-state index in [0.29, 0.717) is 10.7 Å². The average Bonchev–Trinajstić information content (AvgIpc) is 2.15. The standard InChI is InChI=1S/C8H7N3OS/c1-13-8-10-4-6(5-11-8)2-3-7(9)12/h4-5H,1H3,(H2,9,12). The maximum atomic E-state index is 10.3. The molecule has 0 aliphatic carbocycles. The predicted molar refractivity (Wildman–Crippen MR) is 49.9 cm³/mol. The molecule has 2 N–H and O–H groups in total. The Labute approximate surface area is 80.0 Å². The number of nitrogens with two attached hydrogens (primary N) is 1. The van der Waals surface area contributed by atoms with E-state index in [1.165, 1.54) is 11.8 Å². The summed E-state index contributed by atoms with van der Waals surface area (Å²) < 4.78 is 0. The van der Waals surface area contributed by atoms with E-state index in [0.717, 1.165) is 0 Å². The number of primary amides is 1. The predicted octanol–water partition coefficient (Wildman–Crippen LogP) is 0.0353. The Hall–Kier alpha value is -1.54. The Morgan fingerprint density at radius 1 is 1.54 bits per heavy atom. The number of rotatable bonds is 1. The first-order valence-electron chi connectivity index (χ1n) is 3.40. The summed E-state index contributed by atoms with van der Waals surface area (Å²) in [5.74, 6) is 4.08. The average molecular weight is 193 g/mol. The van der Waals surface area contributed by atoms with E-state index in [-0.39, 0.29) is 0 Å². The smallest absolute Gasteiger partial charge is 0.293 e. The fourth-order valence-corrected chi connectivity index (χ4v) is 0.936. The van der Waals surface area contributed by atoms with Crippen LogP contribution in [0.1, 0.15) is 5.56 Å². The van der Waals surface area contributed by atoms with Gasteiger partial charge in [-0.1, -0.05) is 17.7 Å². The fraction of sp³-hybridized carbons (Fsp3) is 0.125. The molecular formula is C8H7N3OS. The summed E-state index contributed by atoms with van der Waals surface area (Å²) in [6.07, 6.45) is 4.98. The van der Waals surface area contributed by atoms with Gasteiger partial charge in [-0.25, -0.2) is 9.97 Å². The van der Waals surface area contributed by atoms with Crippen LogP contribution in [0.15, 0.2) is 17.6 Å².